The van der Waals surface area contributed by atoms with Crippen LogP contribution in [0, 0.1) is 0 Å². The molecule has 0 saturated carbocycles. The van der Waals surface area contributed by atoms with E-state index in [-0.39, 0.29) is 53.5 Å². The van der Waals surface area contributed by atoms with Gasteiger partial charge in [-0.25, -0.2) is 8.42 Å². The average molecular weight is 631 g/mol. The molecule has 3 aromatic rings. The van der Waals surface area contributed by atoms with E-state index in [0.29, 0.717) is 17.9 Å². The normalized spacial score (nSPS) is 15.1. The van der Waals surface area contributed by atoms with Crippen molar-refractivity contribution in [2.24, 2.45) is 0 Å². The third-order valence-corrected chi connectivity index (χ3v) is 9.07. The maximum Gasteiger partial charge on any atom is 0.274 e. The van der Waals surface area contributed by atoms with E-state index in [1.165, 1.54) is 6.26 Å². The lowest BCUT2D eigenvalue weighted by atomic mass is 9.99. The van der Waals surface area contributed by atoms with Gasteiger partial charge in [-0.2, -0.15) is 15.4 Å². The topological polar surface area (TPSA) is 128 Å². The minimum Gasteiger partial charge on any atom is -0.344 e. The molecule has 1 aromatic heterocycles. The van der Waals surface area contributed by atoms with Gasteiger partial charge in [0.25, 0.3) is 5.91 Å². The Morgan fingerprint density at radius 2 is 1.70 bits per heavy atom. The van der Waals surface area contributed by atoms with Gasteiger partial charge in [0, 0.05) is 38.5 Å². The van der Waals surface area contributed by atoms with Crippen LogP contribution >= 0.6 is 12.4 Å². The summed E-state index contributed by atoms with van der Waals surface area (Å²) in [6.45, 7) is 9.16. The molecule has 0 spiro atoms. The van der Waals surface area contributed by atoms with Crippen molar-refractivity contribution in [3.8, 4) is 0 Å². The van der Waals surface area contributed by atoms with Gasteiger partial charge < -0.3 is 15.1 Å². The zero-order valence-electron chi connectivity index (χ0n) is 25.3. The summed E-state index contributed by atoms with van der Waals surface area (Å²) >= 11 is 0. The van der Waals surface area contributed by atoms with Crippen molar-refractivity contribution >= 4 is 34.1 Å². The second-order valence-electron chi connectivity index (χ2n) is 11.3. The third kappa shape index (κ3) is 9.11. The van der Waals surface area contributed by atoms with Crippen LogP contribution in [-0.4, -0.2) is 83.9 Å². The van der Waals surface area contributed by atoms with Gasteiger partial charge in [-0.15, -0.1) is 12.4 Å². The molecule has 1 aliphatic heterocycles. The summed E-state index contributed by atoms with van der Waals surface area (Å²) in [6.07, 6.45) is 3.93. The second kappa shape index (κ2) is 15.4. The number of sulfone groups is 1. The number of aromatic nitrogens is 3. The molecule has 1 saturated heterocycles. The van der Waals surface area contributed by atoms with E-state index in [2.05, 4.69) is 25.6 Å². The van der Waals surface area contributed by atoms with Crippen LogP contribution in [0.15, 0.2) is 59.5 Å². The number of carbonyl (C=O) groups is 2. The summed E-state index contributed by atoms with van der Waals surface area (Å²) in [7, 11) is -3.27. The van der Waals surface area contributed by atoms with E-state index < -0.39 is 9.84 Å². The number of amides is 2. The van der Waals surface area contributed by atoms with Crippen LogP contribution in [0.1, 0.15) is 79.3 Å². The van der Waals surface area contributed by atoms with E-state index in [9.17, 15) is 18.0 Å². The number of H-pyrrole nitrogens is 1. The van der Waals surface area contributed by atoms with Crippen molar-refractivity contribution in [2.75, 3.05) is 32.4 Å². The number of likely N-dealkylation sites (tertiary alicyclic amines) is 1. The Labute approximate surface area is 261 Å². The fraction of sp³-hybridized carbons (Fsp3) is 0.484. The van der Waals surface area contributed by atoms with Crippen molar-refractivity contribution in [3.63, 3.8) is 0 Å². The standard InChI is InChI=1S/C31H42N6O4S.ClH/c1-5-37(28(38)21-23-11-13-26(14-12-23)42(4,40)41)25-15-18-36(19-16-25)20-17-27(24-9-7-6-8-10-24)32-31(39)30-29(22(2)3)33-35-34-30;/h6-14,22,25,27H,5,15-21H2,1-4H3,(H,32,39)(H,33,34,35);1H/t27-;/m0./s1. The van der Waals surface area contributed by atoms with Gasteiger partial charge in [-0.3, -0.25) is 9.59 Å². The molecular formula is C31H43ClN6O4S. The molecule has 0 bridgehead atoms. The lowest BCUT2D eigenvalue weighted by Crippen LogP contribution is -2.48. The first-order valence-corrected chi connectivity index (χ1v) is 16.5. The molecule has 1 aliphatic rings. The summed E-state index contributed by atoms with van der Waals surface area (Å²) in [6, 6.07) is 16.5. The predicted octanol–water partition coefficient (Wildman–Crippen LogP) is 4.17. The highest BCUT2D eigenvalue weighted by Crippen LogP contribution is 2.23. The van der Waals surface area contributed by atoms with Crippen molar-refractivity contribution in [3.05, 3.63) is 77.1 Å². The Hall–Kier alpha value is -3.28. The number of carbonyl (C=O) groups excluding carboxylic acids is 2. The molecule has 1 fully saturated rings. The molecule has 2 N–H and O–H groups in total. The first-order valence-electron chi connectivity index (χ1n) is 14.6. The van der Waals surface area contributed by atoms with Crippen LogP contribution in [0.5, 0.6) is 0 Å². The van der Waals surface area contributed by atoms with E-state index >= 15 is 0 Å². The maximum absolute atomic E-state index is 13.2. The quantitative estimate of drug-likeness (QED) is 0.307. The molecular weight excluding hydrogens is 588 g/mol. The molecule has 12 heteroatoms. The molecule has 2 aromatic carbocycles. The molecule has 0 radical (unpaired) electrons. The summed E-state index contributed by atoms with van der Waals surface area (Å²) in [4.78, 5) is 31.0. The fourth-order valence-corrected chi connectivity index (χ4v) is 6.21. The zero-order chi connectivity index (χ0) is 30.3. The first kappa shape index (κ1) is 34.2. The Morgan fingerprint density at radius 1 is 1.05 bits per heavy atom. The first-order chi connectivity index (χ1) is 20.1. The molecule has 43 heavy (non-hydrogen) atoms. The number of likely N-dealkylation sites (N-methyl/N-ethyl adjacent to an activating group) is 1. The van der Waals surface area contributed by atoms with Crippen LogP contribution in [0.2, 0.25) is 0 Å². The summed E-state index contributed by atoms with van der Waals surface area (Å²) in [5.41, 5.74) is 2.84. The average Bonchev–Trinajstić information content (AvgIpc) is 3.47. The van der Waals surface area contributed by atoms with Gasteiger partial charge in [0.05, 0.1) is 23.1 Å². The van der Waals surface area contributed by atoms with E-state index in [1.54, 1.807) is 24.3 Å². The molecule has 0 aliphatic carbocycles. The number of benzene rings is 2. The van der Waals surface area contributed by atoms with E-state index in [1.807, 2.05) is 56.0 Å². The van der Waals surface area contributed by atoms with Gasteiger partial charge in [-0.1, -0.05) is 56.3 Å². The lowest BCUT2D eigenvalue weighted by molar-refractivity contribution is -0.133. The lowest BCUT2D eigenvalue weighted by Gasteiger charge is -2.38. The van der Waals surface area contributed by atoms with Crippen LogP contribution in [0.3, 0.4) is 0 Å². The number of hydrogen-bond donors (Lipinski definition) is 2. The number of rotatable bonds is 12. The summed E-state index contributed by atoms with van der Waals surface area (Å²) in [5.74, 6) is -0.0948. The largest absolute Gasteiger partial charge is 0.344 e. The number of aromatic amines is 1. The number of hydrogen-bond acceptors (Lipinski definition) is 7. The number of piperidine rings is 1. The highest BCUT2D eigenvalue weighted by atomic mass is 35.5. The molecule has 2 amide bonds. The summed E-state index contributed by atoms with van der Waals surface area (Å²) in [5, 5.41) is 14.0. The smallest absolute Gasteiger partial charge is 0.274 e. The summed E-state index contributed by atoms with van der Waals surface area (Å²) < 4.78 is 23.5. The van der Waals surface area contributed by atoms with Crippen LogP contribution < -0.4 is 5.32 Å². The van der Waals surface area contributed by atoms with Crippen LogP contribution in [0.4, 0.5) is 0 Å². The molecule has 0 unspecified atom stereocenters. The zero-order valence-corrected chi connectivity index (χ0v) is 27.0. The highest BCUT2D eigenvalue weighted by Gasteiger charge is 2.28. The minimum atomic E-state index is -3.27. The molecule has 1 atom stereocenters. The second-order valence-corrected chi connectivity index (χ2v) is 13.3. The SMILES string of the molecule is CCN(C(=O)Cc1ccc(S(C)(=O)=O)cc1)C1CCN(CC[C@H](NC(=O)c2n[nH]nc2C(C)C)c2ccccc2)CC1.Cl. The molecule has 234 valence electrons. The van der Waals surface area contributed by atoms with E-state index in [4.69, 9.17) is 0 Å². The van der Waals surface area contributed by atoms with E-state index in [0.717, 1.165) is 50.0 Å². The Kier molecular flexibility index (Phi) is 12.3. The predicted molar refractivity (Wildman–Crippen MR) is 169 cm³/mol. The Morgan fingerprint density at radius 3 is 2.28 bits per heavy atom. The third-order valence-electron chi connectivity index (χ3n) is 7.94. The molecule has 2 heterocycles. The van der Waals surface area contributed by atoms with Gasteiger partial charge in [0.15, 0.2) is 15.5 Å². The van der Waals surface area contributed by atoms with Crippen molar-refractivity contribution in [1.82, 2.24) is 30.5 Å². The van der Waals surface area contributed by atoms with Crippen molar-refractivity contribution in [1.29, 1.82) is 0 Å². The maximum atomic E-state index is 13.2. The van der Waals surface area contributed by atoms with Gasteiger partial charge in [0.1, 0.15) is 0 Å². The fourth-order valence-electron chi connectivity index (χ4n) is 5.58. The van der Waals surface area contributed by atoms with Crippen LogP contribution in [-0.2, 0) is 21.1 Å². The van der Waals surface area contributed by atoms with Gasteiger partial charge in [-0.05, 0) is 55.4 Å². The monoisotopic (exact) mass is 630 g/mol. The molecule has 4 rings (SSSR count). The highest BCUT2D eigenvalue weighted by molar-refractivity contribution is 7.90. The van der Waals surface area contributed by atoms with Gasteiger partial charge >= 0.3 is 0 Å². The number of halogens is 1. The van der Waals surface area contributed by atoms with Crippen LogP contribution in [0.25, 0.3) is 0 Å². The minimum absolute atomic E-state index is 0. The Balaban J connectivity index is 0.00000506. The van der Waals surface area contributed by atoms with Crippen molar-refractivity contribution < 1.29 is 18.0 Å². The van der Waals surface area contributed by atoms with Gasteiger partial charge in [0.2, 0.25) is 5.91 Å². The number of nitrogens with one attached hydrogen (secondary N) is 2. The number of nitrogens with zero attached hydrogens (tertiary/aromatic N) is 4. The molecule has 10 nitrogen and oxygen atoms in total. The van der Waals surface area contributed by atoms with Crippen molar-refractivity contribution in [2.45, 2.75) is 69.4 Å². The Bertz CT molecular complexity index is 1440.